The molecule has 0 aliphatic carbocycles. The second kappa shape index (κ2) is 9.19. The Kier molecular flexibility index (Phi) is 6.45. The fourth-order valence-corrected chi connectivity index (χ4v) is 2.77. The largest absolute Gasteiger partial charge is 0.497 e. The van der Waals surface area contributed by atoms with E-state index in [-0.39, 0.29) is 29.6 Å². The van der Waals surface area contributed by atoms with Gasteiger partial charge in [-0.15, -0.1) is 0 Å². The van der Waals surface area contributed by atoms with Crippen molar-refractivity contribution in [2.75, 3.05) is 18.6 Å². The molecule has 1 heterocycles. The molecule has 0 N–H and O–H groups in total. The minimum atomic E-state index is -0.489. The summed E-state index contributed by atoms with van der Waals surface area (Å²) in [7, 11) is 1.57. The molecule has 2 aromatic carbocycles. The second-order valence-corrected chi connectivity index (χ2v) is 6.24. The van der Waals surface area contributed by atoms with Crippen molar-refractivity contribution in [3.8, 4) is 11.5 Å². The van der Waals surface area contributed by atoms with Crippen molar-refractivity contribution in [2.45, 2.75) is 6.54 Å². The normalized spacial score (nSPS) is 10.4. The van der Waals surface area contributed by atoms with E-state index >= 15 is 0 Å². The van der Waals surface area contributed by atoms with Crippen LogP contribution >= 0.6 is 11.6 Å². The predicted octanol–water partition coefficient (Wildman–Crippen LogP) is 4.49. The minimum absolute atomic E-state index is 0.0622. The molecule has 3 aromatic rings. The highest BCUT2D eigenvalue weighted by molar-refractivity contribution is 6.31. The average Bonchev–Trinajstić information content (AvgIpc) is 2.73. The van der Waals surface area contributed by atoms with Crippen molar-refractivity contribution >= 4 is 23.3 Å². The van der Waals surface area contributed by atoms with Crippen LogP contribution in [0.5, 0.6) is 11.5 Å². The van der Waals surface area contributed by atoms with E-state index in [9.17, 15) is 9.18 Å². The predicted molar refractivity (Wildman–Crippen MR) is 105 cm³/mol. The SMILES string of the molecule is COc1ccc(OCC(=O)N(Cc2c(F)cccc2Cl)c2ccccn2)cc1. The van der Waals surface area contributed by atoms with Gasteiger partial charge in [-0.3, -0.25) is 9.69 Å². The number of benzene rings is 2. The van der Waals surface area contributed by atoms with Gasteiger partial charge in [0.05, 0.1) is 13.7 Å². The quantitative estimate of drug-likeness (QED) is 0.586. The molecule has 0 saturated carbocycles. The van der Waals surface area contributed by atoms with Crippen molar-refractivity contribution in [3.63, 3.8) is 0 Å². The lowest BCUT2D eigenvalue weighted by molar-refractivity contribution is -0.120. The number of methoxy groups -OCH3 is 1. The van der Waals surface area contributed by atoms with Crippen LogP contribution in [0.15, 0.2) is 66.9 Å². The molecule has 0 radical (unpaired) electrons. The van der Waals surface area contributed by atoms with E-state index in [0.29, 0.717) is 17.3 Å². The highest BCUT2D eigenvalue weighted by Crippen LogP contribution is 2.24. The van der Waals surface area contributed by atoms with Crippen molar-refractivity contribution in [1.82, 2.24) is 4.98 Å². The summed E-state index contributed by atoms with van der Waals surface area (Å²) in [6.45, 7) is -0.303. The van der Waals surface area contributed by atoms with Crippen LogP contribution in [-0.2, 0) is 11.3 Å². The maximum Gasteiger partial charge on any atom is 0.266 e. The molecule has 0 atom stereocenters. The van der Waals surface area contributed by atoms with Gasteiger partial charge < -0.3 is 9.47 Å². The minimum Gasteiger partial charge on any atom is -0.497 e. The van der Waals surface area contributed by atoms with Gasteiger partial charge in [0.25, 0.3) is 5.91 Å². The summed E-state index contributed by atoms with van der Waals surface area (Å²) in [5.74, 6) is 0.707. The molecule has 0 fully saturated rings. The van der Waals surface area contributed by atoms with Crippen molar-refractivity contribution in [2.24, 2.45) is 0 Å². The van der Waals surface area contributed by atoms with Gasteiger partial charge in [0.15, 0.2) is 6.61 Å². The maximum absolute atomic E-state index is 14.2. The molecule has 0 bridgehead atoms. The number of ether oxygens (including phenoxy) is 2. The van der Waals surface area contributed by atoms with E-state index in [1.807, 2.05) is 0 Å². The zero-order valence-electron chi connectivity index (χ0n) is 15.1. The number of nitrogens with zero attached hydrogens (tertiary/aromatic N) is 2. The summed E-state index contributed by atoms with van der Waals surface area (Å²) in [6, 6.07) is 16.4. The lowest BCUT2D eigenvalue weighted by Crippen LogP contribution is -2.35. The molecule has 0 aliphatic rings. The Labute approximate surface area is 167 Å². The molecule has 1 aromatic heterocycles. The number of anilines is 1. The Morgan fingerprint density at radius 3 is 2.46 bits per heavy atom. The average molecular weight is 401 g/mol. The lowest BCUT2D eigenvalue weighted by atomic mass is 10.2. The third kappa shape index (κ3) is 4.78. The fraction of sp³-hybridized carbons (Fsp3) is 0.143. The topological polar surface area (TPSA) is 51.7 Å². The Hall–Kier alpha value is -3.12. The molecule has 7 heteroatoms. The van der Waals surface area contributed by atoms with Crippen LogP contribution in [0.1, 0.15) is 5.56 Å². The lowest BCUT2D eigenvalue weighted by Gasteiger charge is -2.22. The monoisotopic (exact) mass is 400 g/mol. The van der Waals surface area contributed by atoms with E-state index in [1.54, 1.807) is 61.8 Å². The van der Waals surface area contributed by atoms with Gasteiger partial charge >= 0.3 is 0 Å². The highest BCUT2D eigenvalue weighted by Gasteiger charge is 2.21. The number of carbonyl (C=O) groups is 1. The summed E-state index contributed by atoms with van der Waals surface area (Å²) in [4.78, 5) is 18.4. The van der Waals surface area contributed by atoms with Crippen LogP contribution < -0.4 is 14.4 Å². The Morgan fingerprint density at radius 2 is 1.82 bits per heavy atom. The molecule has 0 unspecified atom stereocenters. The van der Waals surface area contributed by atoms with Crippen LogP contribution in [0.3, 0.4) is 0 Å². The van der Waals surface area contributed by atoms with E-state index < -0.39 is 5.82 Å². The van der Waals surface area contributed by atoms with Gasteiger partial charge in [0.1, 0.15) is 23.1 Å². The van der Waals surface area contributed by atoms with E-state index in [0.717, 1.165) is 0 Å². The number of hydrogen-bond acceptors (Lipinski definition) is 4. The fourth-order valence-electron chi connectivity index (χ4n) is 2.55. The van der Waals surface area contributed by atoms with E-state index in [1.165, 1.54) is 17.0 Å². The van der Waals surface area contributed by atoms with Crippen LogP contribution in [0.4, 0.5) is 10.2 Å². The standard InChI is InChI=1S/C21H18ClFN2O3/c1-27-15-8-10-16(11-9-15)28-14-21(26)25(20-7-2-3-12-24-20)13-17-18(22)5-4-6-19(17)23/h2-12H,13-14H2,1H3. The first-order valence-corrected chi connectivity index (χ1v) is 8.87. The molecular formula is C21H18ClFN2O3. The molecular weight excluding hydrogens is 383 g/mol. The first-order valence-electron chi connectivity index (χ1n) is 8.49. The maximum atomic E-state index is 14.2. The number of rotatable bonds is 7. The first kappa shape index (κ1) is 19.6. The number of halogens is 2. The molecule has 0 spiro atoms. The smallest absolute Gasteiger partial charge is 0.266 e. The number of hydrogen-bond donors (Lipinski definition) is 0. The molecule has 28 heavy (non-hydrogen) atoms. The number of carbonyl (C=O) groups excluding carboxylic acids is 1. The summed E-state index contributed by atoms with van der Waals surface area (Å²) in [5, 5.41) is 0.241. The van der Waals surface area contributed by atoms with Gasteiger partial charge in [0.2, 0.25) is 0 Å². The van der Waals surface area contributed by atoms with Gasteiger partial charge in [-0.2, -0.15) is 0 Å². The van der Waals surface area contributed by atoms with Gasteiger partial charge in [0, 0.05) is 16.8 Å². The number of amides is 1. The number of pyridine rings is 1. The third-order valence-corrected chi connectivity index (χ3v) is 4.38. The summed E-state index contributed by atoms with van der Waals surface area (Å²) in [6.07, 6.45) is 1.56. The molecule has 3 rings (SSSR count). The zero-order chi connectivity index (χ0) is 19.9. The van der Waals surface area contributed by atoms with E-state index in [2.05, 4.69) is 4.98 Å². The molecule has 1 amide bonds. The van der Waals surface area contributed by atoms with Gasteiger partial charge in [-0.05, 0) is 48.5 Å². The van der Waals surface area contributed by atoms with Crippen LogP contribution in [0.25, 0.3) is 0 Å². The van der Waals surface area contributed by atoms with Gasteiger partial charge in [-0.1, -0.05) is 23.7 Å². The Bertz CT molecular complexity index is 916. The van der Waals surface area contributed by atoms with Crippen molar-refractivity contribution in [3.05, 3.63) is 83.3 Å². The zero-order valence-corrected chi connectivity index (χ0v) is 15.9. The third-order valence-electron chi connectivity index (χ3n) is 4.03. The summed E-state index contributed by atoms with van der Waals surface area (Å²) >= 11 is 6.13. The summed E-state index contributed by atoms with van der Waals surface area (Å²) in [5.41, 5.74) is 0.215. The molecule has 5 nitrogen and oxygen atoms in total. The van der Waals surface area contributed by atoms with Crippen molar-refractivity contribution < 1.29 is 18.7 Å². The highest BCUT2D eigenvalue weighted by atomic mass is 35.5. The molecule has 144 valence electrons. The van der Waals surface area contributed by atoms with Gasteiger partial charge in [-0.25, -0.2) is 9.37 Å². The Morgan fingerprint density at radius 1 is 1.07 bits per heavy atom. The molecule has 0 aliphatic heterocycles. The Balaban J connectivity index is 1.79. The van der Waals surface area contributed by atoms with Crippen LogP contribution in [0.2, 0.25) is 5.02 Å². The molecule has 0 saturated heterocycles. The van der Waals surface area contributed by atoms with Crippen LogP contribution in [0, 0.1) is 5.82 Å². The van der Waals surface area contributed by atoms with Crippen molar-refractivity contribution in [1.29, 1.82) is 0 Å². The summed E-state index contributed by atoms with van der Waals surface area (Å²) < 4.78 is 24.9. The first-order chi connectivity index (χ1) is 13.6. The van der Waals surface area contributed by atoms with E-state index in [4.69, 9.17) is 21.1 Å². The second-order valence-electron chi connectivity index (χ2n) is 5.83. The number of aromatic nitrogens is 1. The van der Waals surface area contributed by atoms with Crippen LogP contribution in [-0.4, -0.2) is 24.6 Å².